The highest BCUT2D eigenvalue weighted by Crippen LogP contribution is 2.33. The highest BCUT2D eigenvalue weighted by atomic mass is 16.5. The van der Waals surface area contributed by atoms with Crippen LogP contribution in [0.5, 0.6) is 0 Å². The second-order valence-corrected chi connectivity index (χ2v) is 6.83. The largest absolute Gasteiger partial charge is 0.465 e. The Hall–Kier alpha value is -2.45. The van der Waals surface area contributed by atoms with Crippen LogP contribution < -0.4 is 10.2 Å². The number of methoxy groups -OCH3 is 1. The van der Waals surface area contributed by atoms with Gasteiger partial charge >= 0.3 is 5.97 Å². The first kappa shape index (κ1) is 22.8. The Bertz CT molecular complexity index is 697. The third-order valence-electron chi connectivity index (χ3n) is 4.93. The molecule has 1 heterocycles. The monoisotopic (exact) mass is 405 g/mol. The lowest BCUT2D eigenvalue weighted by molar-refractivity contribution is -0.143. The van der Waals surface area contributed by atoms with Crippen molar-refractivity contribution in [3.63, 3.8) is 0 Å². The molecular weight excluding hydrogens is 374 g/mol. The van der Waals surface area contributed by atoms with E-state index in [2.05, 4.69) is 5.32 Å². The van der Waals surface area contributed by atoms with Crippen molar-refractivity contribution in [3.05, 3.63) is 30.3 Å². The summed E-state index contributed by atoms with van der Waals surface area (Å²) in [6.45, 7) is 7.12. The molecule has 1 unspecified atom stereocenters. The highest BCUT2D eigenvalue weighted by Gasteiger charge is 2.58. The average Bonchev–Trinajstić information content (AvgIpc) is 3.47. The molecule has 2 rings (SSSR count). The van der Waals surface area contributed by atoms with Gasteiger partial charge in [0.15, 0.2) is 0 Å². The predicted molar refractivity (Wildman–Crippen MR) is 109 cm³/mol. The summed E-state index contributed by atoms with van der Waals surface area (Å²) in [4.78, 5) is 41.6. The number of likely N-dealkylation sites (N-methyl/N-ethyl adjacent to an activating group) is 1. The van der Waals surface area contributed by atoms with Crippen LogP contribution in [0.25, 0.3) is 0 Å². The number of nitrogens with zero attached hydrogens (tertiary/aromatic N) is 2. The summed E-state index contributed by atoms with van der Waals surface area (Å²) < 4.78 is 10.1. The molecule has 1 aromatic carbocycles. The second kappa shape index (κ2) is 10.9. The van der Waals surface area contributed by atoms with Crippen LogP contribution in [0.4, 0.5) is 5.69 Å². The van der Waals surface area contributed by atoms with Crippen LogP contribution in [0.3, 0.4) is 0 Å². The van der Waals surface area contributed by atoms with Gasteiger partial charge in [-0.3, -0.25) is 24.2 Å². The van der Waals surface area contributed by atoms with Crippen LogP contribution in [0.15, 0.2) is 30.3 Å². The number of ether oxygens (including phenoxy) is 2. The van der Waals surface area contributed by atoms with Gasteiger partial charge in [-0.15, -0.1) is 0 Å². The molecule has 29 heavy (non-hydrogen) atoms. The van der Waals surface area contributed by atoms with Crippen molar-refractivity contribution in [1.82, 2.24) is 10.2 Å². The number of carbonyl (C=O) groups is 3. The number of para-hydroxylation sites is 1. The van der Waals surface area contributed by atoms with Crippen molar-refractivity contribution < 1.29 is 23.9 Å². The molecule has 0 aromatic heterocycles. The lowest BCUT2D eigenvalue weighted by Gasteiger charge is -2.29. The SMILES string of the molecule is CCOC(=O)[C@H]1[C@H](C(=O)N(c2ccccc2)[C@@H](C)C(=O)NCCCOC)N1CC. The Kier molecular flexibility index (Phi) is 8.60. The molecule has 1 fully saturated rings. The van der Waals surface area contributed by atoms with Crippen molar-refractivity contribution in [3.8, 4) is 0 Å². The van der Waals surface area contributed by atoms with E-state index in [0.29, 0.717) is 31.8 Å². The maximum absolute atomic E-state index is 13.4. The summed E-state index contributed by atoms with van der Waals surface area (Å²) in [6.07, 6.45) is 0.686. The molecule has 8 heteroatoms. The number of nitrogens with one attached hydrogen (secondary N) is 1. The normalized spacial score (nSPS) is 21.2. The van der Waals surface area contributed by atoms with Crippen LogP contribution in [0, 0.1) is 0 Å². The average molecular weight is 405 g/mol. The Morgan fingerprint density at radius 1 is 1.17 bits per heavy atom. The van der Waals surface area contributed by atoms with Gasteiger partial charge in [-0.1, -0.05) is 25.1 Å². The number of amides is 2. The zero-order valence-corrected chi connectivity index (χ0v) is 17.6. The first-order chi connectivity index (χ1) is 14.0. The van der Waals surface area contributed by atoms with Crippen LogP contribution in [0.2, 0.25) is 0 Å². The molecule has 0 aliphatic carbocycles. The van der Waals surface area contributed by atoms with E-state index in [1.807, 2.05) is 25.1 Å². The number of hydrogen-bond acceptors (Lipinski definition) is 6. The molecule has 1 aliphatic rings. The molecule has 0 saturated carbocycles. The quantitative estimate of drug-likeness (QED) is 0.338. The van der Waals surface area contributed by atoms with E-state index in [1.165, 1.54) is 4.90 Å². The number of esters is 1. The van der Waals surface area contributed by atoms with E-state index in [4.69, 9.17) is 9.47 Å². The van der Waals surface area contributed by atoms with Crippen molar-refractivity contribution in [2.75, 3.05) is 38.3 Å². The van der Waals surface area contributed by atoms with Crippen LogP contribution >= 0.6 is 0 Å². The molecule has 0 bridgehead atoms. The molecular formula is C21H31N3O5. The molecule has 0 spiro atoms. The third-order valence-corrected chi connectivity index (χ3v) is 4.93. The summed E-state index contributed by atoms with van der Waals surface area (Å²) in [5, 5.41) is 2.84. The van der Waals surface area contributed by atoms with Crippen molar-refractivity contribution in [2.24, 2.45) is 0 Å². The van der Waals surface area contributed by atoms with Gasteiger partial charge in [0, 0.05) is 25.9 Å². The molecule has 1 aromatic rings. The third kappa shape index (κ3) is 5.55. The Labute approximate surface area is 172 Å². The molecule has 160 valence electrons. The fraction of sp³-hybridized carbons (Fsp3) is 0.571. The van der Waals surface area contributed by atoms with Gasteiger partial charge < -0.3 is 14.8 Å². The topological polar surface area (TPSA) is 88.0 Å². The Morgan fingerprint density at radius 2 is 1.86 bits per heavy atom. The first-order valence-electron chi connectivity index (χ1n) is 10.0. The summed E-state index contributed by atoms with van der Waals surface area (Å²) in [7, 11) is 1.61. The van der Waals surface area contributed by atoms with Crippen LogP contribution in [-0.2, 0) is 23.9 Å². The lowest BCUT2D eigenvalue weighted by atomic mass is 10.1. The molecule has 4 atom stereocenters. The molecule has 0 radical (unpaired) electrons. The van der Waals surface area contributed by atoms with Crippen molar-refractivity contribution in [2.45, 2.75) is 45.3 Å². The number of benzene rings is 1. The van der Waals surface area contributed by atoms with Crippen LogP contribution in [0.1, 0.15) is 27.2 Å². The van der Waals surface area contributed by atoms with E-state index in [1.54, 1.807) is 38.0 Å². The van der Waals surface area contributed by atoms with Gasteiger partial charge in [-0.2, -0.15) is 0 Å². The minimum atomic E-state index is -0.727. The molecule has 8 nitrogen and oxygen atoms in total. The molecule has 2 amide bonds. The number of hydrogen-bond donors (Lipinski definition) is 1. The van der Waals surface area contributed by atoms with Gasteiger partial charge in [0.05, 0.1) is 6.61 Å². The number of anilines is 1. The molecule has 1 N–H and O–H groups in total. The van der Waals surface area contributed by atoms with Gasteiger partial charge in [0.25, 0.3) is 0 Å². The van der Waals surface area contributed by atoms with Crippen molar-refractivity contribution in [1.29, 1.82) is 0 Å². The fourth-order valence-electron chi connectivity index (χ4n) is 3.40. The zero-order chi connectivity index (χ0) is 21.4. The Balaban J connectivity index is 2.19. The predicted octanol–water partition coefficient (Wildman–Crippen LogP) is 1.20. The van der Waals surface area contributed by atoms with Gasteiger partial charge in [-0.25, -0.2) is 0 Å². The maximum Gasteiger partial charge on any atom is 0.325 e. The second-order valence-electron chi connectivity index (χ2n) is 6.83. The number of rotatable bonds is 11. The molecule has 1 saturated heterocycles. The van der Waals surface area contributed by atoms with E-state index in [9.17, 15) is 14.4 Å². The smallest absolute Gasteiger partial charge is 0.325 e. The highest BCUT2D eigenvalue weighted by molar-refractivity contribution is 6.07. The van der Waals surface area contributed by atoms with E-state index >= 15 is 0 Å². The summed E-state index contributed by atoms with van der Waals surface area (Å²) in [6, 6.07) is 7.08. The lowest BCUT2D eigenvalue weighted by Crippen LogP contribution is -2.50. The van der Waals surface area contributed by atoms with Gasteiger partial charge in [0.2, 0.25) is 11.8 Å². The van der Waals surface area contributed by atoms with Crippen LogP contribution in [-0.4, -0.2) is 74.2 Å². The summed E-state index contributed by atoms with van der Waals surface area (Å²) in [5.41, 5.74) is 0.614. The standard InChI is InChI=1S/C21H31N3O5/c1-5-23-17(18(23)21(27)29-6-2)20(26)24(16-11-8-7-9-12-16)15(3)19(25)22-13-10-14-28-4/h7-9,11-12,15,17-18H,5-6,10,13-14H2,1-4H3,(H,22,25)/t15-,17+,18+,23?/m0/s1. The first-order valence-corrected chi connectivity index (χ1v) is 10.0. The summed E-state index contributed by atoms with van der Waals surface area (Å²) >= 11 is 0. The van der Waals surface area contributed by atoms with Crippen molar-refractivity contribution >= 4 is 23.5 Å². The van der Waals surface area contributed by atoms with Gasteiger partial charge in [-0.05, 0) is 38.9 Å². The zero-order valence-electron chi connectivity index (χ0n) is 17.6. The van der Waals surface area contributed by atoms with E-state index in [0.717, 1.165) is 0 Å². The Morgan fingerprint density at radius 3 is 2.45 bits per heavy atom. The maximum atomic E-state index is 13.4. The van der Waals surface area contributed by atoms with E-state index in [-0.39, 0.29) is 18.4 Å². The van der Waals surface area contributed by atoms with E-state index < -0.39 is 24.1 Å². The summed E-state index contributed by atoms with van der Waals surface area (Å²) in [5.74, 6) is -0.942. The molecule has 1 aliphatic heterocycles. The minimum Gasteiger partial charge on any atom is -0.465 e. The fourth-order valence-corrected chi connectivity index (χ4v) is 3.40. The minimum absolute atomic E-state index is 0.255. The van der Waals surface area contributed by atoms with Gasteiger partial charge in [0.1, 0.15) is 18.1 Å². The number of carbonyl (C=O) groups excluding carboxylic acids is 3.